The molecule has 0 atom stereocenters. The molecule has 0 unspecified atom stereocenters. The van der Waals surface area contributed by atoms with Crippen LogP contribution >= 0.6 is 0 Å². The van der Waals surface area contributed by atoms with Crippen LogP contribution in [0, 0.1) is 5.41 Å². The van der Waals surface area contributed by atoms with Crippen LogP contribution in [0.25, 0.3) is 0 Å². The zero-order chi connectivity index (χ0) is 28.6. The van der Waals surface area contributed by atoms with E-state index in [1.165, 1.54) is 16.8 Å². The molecule has 0 radical (unpaired) electrons. The van der Waals surface area contributed by atoms with E-state index in [4.69, 9.17) is 13.7 Å². The first-order valence-electron chi connectivity index (χ1n) is 11.1. The summed E-state index contributed by atoms with van der Waals surface area (Å²) < 4.78 is 75.3. The molecule has 0 saturated heterocycles. The molecule has 0 spiro atoms. The van der Waals surface area contributed by atoms with Crippen LogP contribution in [0.4, 0.5) is 32.0 Å². The van der Waals surface area contributed by atoms with Crippen LogP contribution in [0.15, 0.2) is 21.7 Å². The Balaban J connectivity index is 0. The Hall–Kier alpha value is -0.922. The van der Waals surface area contributed by atoms with Crippen molar-refractivity contribution in [3.8, 4) is 0 Å². The van der Waals surface area contributed by atoms with Gasteiger partial charge in [0.05, 0.1) is 0 Å². The molecule has 0 aromatic heterocycles. The molecule has 2 N–H and O–H groups in total. The standard InChI is InChI=1S/C12H17N.C5H10.2C4H7F3O.Mo/c1-8(2)10-6-5-7-11(9(3)4)12(10)13;1-5(2,3)4;2*1-3(2,8)4(5,6)7;/h5-9H,1-4H3;1H,2-4H3;2*8H,1-2H3;. The van der Waals surface area contributed by atoms with E-state index in [0.29, 0.717) is 39.5 Å². The molecule has 3 nitrogen and oxygen atoms in total. The molecular formula is C25H41F6MoNO2. The van der Waals surface area contributed by atoms with Gasteiger partial charge in [-0.3, -0.25) is 0 Å². The number of aliphatic hydroxyl groups is 2. The van der Waals surface area contributed by atoms with E-state index in [-0.39, 0.29) is 5.41 Å². The van der Waals surface area contributed by atoms with Crippen molar-refractivity contribution in [3.63, 3.8) is 0 Å². The molecular weight excluding hydrogens is 556 g/mol. The summed E-state index contributed by atoms with van der Waals surface area (Å²) in [5.74, 6) is 1.08. The minimum absolute atomic E-state index is 0.288. The van der Waals surface area contributed by atoms with Crippen LogP contribution < -0.4 is 0 Å². The number of hydrogen-bond donors (Lipinski definition) is 2. The van der Waals surface area contributed by atoms with E-state index in [1.807, 2.05) is 0 Å². The van der Waals surface area contributed by atoms with E-state index in [1.54, 1.807) is 0 Å². The average molecular weight is 598 g/mol. The second-order valence-corrected chi connectivity index (χ2v) is 12.4. The SMILES string of the molecule is CC(C)(O)C(F)(F)F.CC(C)(O)C(F)(F)F.CC(C)c1cccc(C(C)C)c1[N]=[Mo]=[CH]C(C)(C)C. The topological polar surface area (TPSA) is 52.8 Å². The summed E-state index contributed by atoms with van der Waals surface area (Å²) >= 11 is -0.415. The molecule has 10 heteroatoms. The molecule has 0 amide bonds. The van der Waals surface area contributed by atoms with Gasteiger partial charge < -0.3 is 10.2 Å². The predicted molar refractivity (Wildman–Crippen MR) is 127 cm³/mol. The number of nitrogens with zero attached hydrogens (tertiary/aromatic N) is 1. The summed E-state index contributed by atoms with van der Waals surface area (Å²) in [6, 6.07) is 6.65. The summed E-state index contributed by atoms with van der Waals surface area (Å²) in [5.41, 5.74) is -0.760. The molecule has 0 heterocycles. The van der Waals surface area contributed by atoms with Gasteiger partial charge in [-0.05, 0) is 27.7 Å². The van der Waals surface area contributed by atoms with Crippen molar-refractivity contribution < 1.29 is 54.5 Å². The zero-order valence-corrected chi connectivity index (χ0v) is 24.5. The molecule has 0 bridgehead atoms. The van der Waals surface area contributed by atoms with E-state index in [9.17, 15) is 26.3 Å². The van der Waals surface area contributed by atoms with Crippen molar-refractivity contribution in [2.24, 2.45) is 8.91 Å². The maximum atomic E-state index is 11.3. The minimum atomic E-state index is -4.51. The number of halogens is 6. The molecule has 0 aliphatic carbocycles. The Bertz CT molecular complexity index is 760. The van der Waals surface area contributed by atoms with Crippen molar-refractivity contribution in [3.05, 3.63) is 29.3 Å². The van der Waals surface area contributed by atoms with Gasteiger partial charge in [0, 0.05) is 0 Å². The number of alkyl halides is 6. The maximum absolute atomic E-state index is 11.3. The molecule has 0 fully saturated rings. The predicted octanol–water partition coefficient (Wildman–Crippen LogP) is 8.32. The van der Waals surface area contributed by atoms with Gasteiger partial charge in [0.2, 0.25) is 0 Å². The van der Waals surface area contributed by atoms with Crippen LogP contribution in [0.1, 0.15) is 99.1 Å². The van der Waals surface area contributed by atoms with Crippen LogP contribution in [0.3, 0.4) is 0 Å². The van der Waals surface area contributed by atoms with Crippen molar-refractivity contribution in [2.75, 3.05) is 0 Å². The van der Waals surface area contributed by atoms with Gasteiger partial charge in [0.25, 0.3) is 0 Å². The Morgan fingerprint density at radius 2 is 1.00 bits per heavy atom. The summed E-state index contributed by atoms with van der Waals surface area (Å²) in [6.07, 6.45) is -9.01. The quantitative estimate of drug-likeness (QED) is 0.272. The van der Waals surface area contributed by atoms with Crippen molar-refractivity contribution in [1.29, 1.82) is 0 Å². The fraction of sp³-hybridized carbons (Fsp3) is 0.720. The molecule has 1 aromatic carbocycles. The molecule has 35 heavy (non-hydrogen) atoms. The molecule has 1 rings (SSSR count). The fourth-order valence-corrected chi connectivity index (χ4v) is 3.54. The molecule has 1 aromatic rings. The summed E-state index contributed by atoms with van der Waals surface area (Å²) in [5, 5.41) is 16.5. The fourth-order valence-electron chi connectivity index (χ4n) is 1.85. The number of hydrogen-bond acceptors (Lipinski definition) is 3. The third-order valence-electron chi connectivity index (χ3n) is 4.28. The zero-order valence-electron chi connectivity index (χ0n) is 22.5. The van der Waals surface area contributed by atoms with Gasteiger partial charge in [0.1, 0.15) is 0 Å². The molecule has 0 saturated carbocycles. The monoisotopic (exact) mass is 599 g/mol. The number of benzene rings is 1. The molecule has 0 aliphatic rings. The average Bonchev–Trinajstić information content (AvgIpc) is 2.58. The Labute approximate surface area is 214 Å². The summed E-state index contributed by atoms with van der Waals surface area (Å²) in [4.78, 5) is 0. The third-order valence-corrected chi connectivity index (χ3v) is 6.99. The first kappa shape index (κ1) is 36.2. The van der Waals surface area contributed by atoms with Gasteiger partial charge in [-0.25, -0.2) is 0 Å². The van der Waals surface area contributed by atoms with E-state index in [0.717, 1.165) is 0 Å². The molecule has 0 aliphatic heterocycles. The van der Waals surface area contributed by atoms with E-state index < -0.39 is 41.5 Å². The first-order valence-corrected chi connectivity index (χ1v) is 13.2. The van der Waals surface area contributed by atoms with Crippen LogP contribution in [0.5, 0.6) is 0 Å². The van der Waals surface area contributed by atoms with E-state index in [2.05, 4.69) is 71.1 Å². The summed E-state index contributed by atoms with van der Waals surface area (Å²) in [7, 11) is 0. The van der Waals surface area contributed by atoms with Crippen LogP contribution in [0.2, 0.25) is 0 Å². The van der Waals surface area contributed by atoms with Gasteiger partial charge in [-0.15, -0.1) is 0 Å². The Kier molecular flexibility index (Phi) is 14.1. The van der Waals surface area contributed by atoms with Crippen molar-refractivity contribution in [1.82, 2.24) is 0 Å². The van der Waals surface area contributed by atoms with Crippen LogP contribution in [-0.4, -0.2) is 38.2 Å². The summed E-state index contributed by atoms with van der Waals surface area (Å²) in [6.45, 7) is 18.6. The van der Waals surface area contributed by atoms with E-state index >= 15 is 0 Å². The second kappa shape index (κ2) is 13.6. The Morgan fingerprint density at radius 1 is 0.714 bits per heavy atom. The molecule has 206 valence electrons. The van der Waals surface area contributed by atoms with Crippen molar-refractivity contribution in [2.45, 2.75) is 112 Å². The second-order valence-electron chi connectivity index (χ2n) is 10.9. The van der Waals surface area contributed by atoms with Gasteiger partial charge in [-0.2, -0.15) is 26.3 Å². The Morgan fingerprint density at radius 3 is 1.20 bits per heavy atom. The van der Waals surface area contributed by atoms with Crippen molar-refractivity contribution >= 4 is 10.1 Å². The van der Waals surface area contributed by atoms with Crippen LogP contribution in [-0.2, 0) is 17.9 Å². The van der Waals surface area contributed by atoms with Gasteiger partial charge in [0.15, 0.2) is 11.2 Å². The van der Waals surface area contributed by atoms with Gasteiger partial charge >= 0.3 is 139 Å². The number of rotatable bonds is 3. The normalized spacial score (nSPS) is 12.9. The van der Waals surface area contributed by atoms with Gasteiger partial charge in [-0.1, -0.05) is 0 Å². The third kappa shape index (κ3) is 15.0. The first-order chi connectivity index (χ1) is 15.2.